The lowest BCUT2D eigenvalue weighted by Gasteiger charge is -2.07. The molecule has 2 aromatic heterocycles. The Labute approximate surface area is 150 Å². The Balaban J connectivity index is 1.95. The SMILES string of the molecule is Cc1cc(=O)n(Cc2nc(C(O)c3ccccc3)nn2CCO)nc1C. The maximum Gasteiger partial charge on any atom is 0.267 e. The van der Waals surface area contributed by atoms with Gasteiger partial charge in [-0.1, -0.05) is 30.3 Å². The van der Waals surface area contributed by atoms with Crippen molar-refractivity contribution in [1.82, 2.24) is 24.5 Å². The van der Waals surface area contributed by atoms with Crippen LogP contribution in [0.4, 0.5) is 0 Å². The van der Waals surface area contributed by atoms with E-state index in [9.17, 15) is 15.0 Å². The summed E-state index contributed by atoms with van der Waals surface area (Å²) in [6.45, 7) is 3.84. The second kappa shape index (κ2) is 7.59. The Morgan fingerprint density at radius 1 is 1.12 bits per heavy atom. The van der Waals surface area contributed by atoms with Crippen molar-refractivity contribution < 1.29 is 10.2 Å². The van der Waals surface area contributed by atoms with Gasteiger partial charge in [-0.25, -0.2) is 14.3 Å². The van der Waals surface area contributed by atoms with Crippen LogP contribution in [0.5, 0.6) is 0 Å². The lowest BCUT2D eigenvalue weighted by Crippen LogP contribution is -2.26. The predicted octanol–water partition coefficient (Wildman–Crippen LogP) is 0.574. The largest absolute Gasteiger partial charge is 0.394 e. The van der Waals surface area contributed by atoms with Gasteiger partial charge in [0, 0.05) is 6.07 Å². The average molecular weight is 355 g/mol. The molecule has 0 spiro atoms. The summed E-state index contributed by atoms with van der Waals surface area (Å²) in [5.74, 6) is 0.665. The van der Waals surface area contributed by atoms with Crippen LogP contribution >= 0.6 is 0 Å². The van der Waals surface area contributed by atoms with Gasteiger partial charge in [-0.05, 0) is 25.0 Å². The van der Waals surface area contributed by atoms with Crippen molar-refractivity contribution in [2.75, 3.05) is 6.61 Å². The second-order valence-corrected chi connectivity index (χ2v) is 6.05. The van der Waals surface area contributed by atoms with Crippen LogP contribution in [0.3, 0.4) is 0 Å². The molecule has 2 N–H and O–H groups in total. The fourth-order valence-electron chi connectivity index (χ4n) is 2.61. The first kappa shape index (κ1) is 18.0. The van der Waals surface area contributed by atoms with Crippen LogP contribution < -0.4 is 5.56 Å². The topological polar surface area (TPSA) is 106 Å². The highest BCUT2D eigenvalue weighted by Gasteiger charge is 2.19. The van der Waals surface area contributed by atoms with Crippen molar-refractivity contribution in [3.8, 4) is 0 Å². The van der Waals surface area contributed by atoms with Gasteiger partial charge in [0.2, 0.25) is 0 Å². The Morgan fingerprint density at radius 3 is 2.54 bits per heavy atom. The van der Waals surface area contributed by atoms with E-state index in [2.05, 4.69) is 15.2 Å². The van der Waals surface area contributed by atoms with E-state index in [1.54, 1.807) is 12.1 Å². The monoisotopic (exact) mass is 355 g/mol. The van der Waals surface area contributed by atoms with Gasteiger partial charge in [0.15, 0.2) is 5.82 Å². The maximum atomic E-state index is 12.2. The first-order valence-corrected chi connectivity index (χ1v) is 8.32. The van der Waals surface area contributed by atoms with Gasteiger partial charge in [-0.3, -0.25) is 4.79 Å². The molecule has 1 aromatic carbocycles. The first-order chi connectivity index (χ1) is 12.5. The number of aryl methyl sites for hydroxylation is 2. The molecular formula is C18H21N5O3. The molecule has 26 heavy (non-hydrogen) atoms. The number of benzene rings is 1. The van der Waals surface area contributed by atoms with Crippen LogP contribution in [-0.4, -0.2) is 41.4 Å². The molecule has 0 fully saturated rings. The van der Waals surface area contributed by atoms with Gasteiger partial charge in [0.25, 0.3) is 5.56 Å². The van der Waals surface area contributed by atoms with Crippen molar-refractivity contribution >= 4 is 0 Å². The van der Waals surface area contributed by atoms with Crippen molar-refractivity contribution in [3.63, 3.8) is 0 Å². The molecule has 0 bridgehead atoms. The number of nitrogens with zero attached hydrogens (tertiary/aromatic N) is 5. The van der Waals surface area contributed by atoms with E-state index in [4.69, 9.17) is 0 Å². The molecule has 0 aliphatic rings. The summed E-state index contributed by atoms with van der Waals surface area (Å²) in [7, 11) is 0. The summed E-state index contributed by atoms with van der Waals surface area (Å²) >= 11 is 0. The van der Waals surface area contributed by atoms with Crippen molar-refractivity contribution in [3.05, 3.63) is 75.2 Å². The molecule has 0 amide bonds. The summed E-state index contributed by atoms with van der Waals surface area (Å²) in [4.78, 5) is 16.6. The van der Waals surface area contributed by atoms with E-state index in [0.29, 0.717) is 11.4 Å². The van der Waals surface area contributed by atoms with Crippen molar-refractivity contribution in [2.24, 2.45) is 0 Å². The number of aliphatic hydroxyl groups excluding tert-OH is 2. The number of hydrogen-bond donors (Lipinski definition) is 2. The van der Waals surface area contributed by atoms with Crippen LogP contribution in [0.2, 0.25) is 0 Å². The summed E-state index contributed by atoms with van der Waals surface area (Å²) < 4.78 is 2.80. The average Bonchev–Trinajstić information content (AvgIpc) is 3.03. The highest BCUT2D eigenvalue weighted by atomic mass is 16.3. The molecule has 8 heteroatoms. The third-order valence-electron chi connectivity index (χ3n) is 4.16. The number of aliphatic hydroxyl groups is 2. The molecule has 136 valence electrons. The van der Waals surface area contributed by atoms with Crippen molar-refractivity contribution in [1.29, 1.82) is 0 Å². The van der Waals surface area contributed by atoms with E-state index in [1.165, 1.54) is 15.4 Å². The molecule has 0 aliphatic heterocycles. The molecule has 1 unspecified atom stereocenters. The number of rotatable bonds is 6. The van der Waals surface area contributed by atoms with Crippen LogP contribution in [0.25, 0.3) is 0 Å². The molecule has 0 saturated carbocycles. The zero-order valence-corrected chi connectivity index (χ0v) is 14.7. The van der Waals surface area contributed by atoms with Crippen LogP contribution in [-0.2, 0) is 13.1 Å². The molecule has 2 heterocycles. The fraction of sp³-hybridized carbons (Fsp3) is 0.333. The quantitative estimate of drug-likeness (QED) is 0.670. The van der Waals surface area contributed by atoms with Gasteiger partial charge < -0.3 is 10.2 Å². The van der Waals surface area contributed by atoms with Crippen molar-refractivity contribution in [2.45, 2.75) is 33.0 Å². The molecule has 3 rings (SSSR count). The van der Waals surface area contributed by atoms with Gasteiger partial charge in [-0.15, -0.1) is 0 Å². The van der Waals surface area contributed by atoms with Gasteiger partial charge >= 0.3 is 0 Å². The van der Waals surface area contributed by atoms with Crippen LogP contribution in [0.15, 0.2) is 41.2 Å². The van der Waals surface area contributed by atoms with Gasteiger partial charge in [0.1, 0.15) is 18.5 Å². The van der Waals surface area contributed by atoms with Crippen LogP contribution in [0, 0.1) is 13.8 Å². The zero-order valence-electron chi connectivity index (χ0n) is 14.7. The Morgan fingerprint density at radius 2 is 1.85 bits per heavy atom. The minimum atomic E-state index is -0.987. The summed E-state index contributed by atoms with van der Waals surface area (Å²) in [5.41, 5.74) is 2.00. The minimum absolute atomic E-state index is 0.106. The van der Waals surface area contributed by atoms with Crippen LogP contribution in [0.1, 0.15) is 34.6 Å². The zero-order chi connectivity index (χ0) is 18.7. The standard InChI is InChI=1S/C18H21N5O3/c1-12-10-16(25)23(20-13(12)2)11-15-19-18(21-22(15)8-9-24)17(26)14-6-4-3-5-7-14/h3-7,10,17,24,26H,8-9,11H2,1-2H3. The highest BCUT2D eigenvalue weighted by Crippen LogP contribution is 2.19. The Hall–Kier alpha value is -2.84. The minimum Gasteiger partial charge on any atom is -0.394 e. The third kappa shape index (κ3) is 3.71. The number of aromatic nitrogens is 5. The van der Waals surface area contributed by atoms with E-state index in [0.717, 1.165) is 11.3 Å². The lowest BCUT2D eigenvalue weighted by molar-refractivity contribution is 0.208. The van der Waals surface area contributed by atoms with E-state index in [-0.39, 0.29) is 31.1 Å². The van der Waals surface area contributed by atoms with Gasteiger partial charge in [-0.2, -0.15) is 10.2 Å². The fourth-order valence-corrected chi connectivity index (χ4v) is 2.61. The van der Waals surface area contributed by atoms with Gasteiger partial charge in [0.05, 0.1) is 18.8 Å². The Kier molecular flexibility index (Phi) is 5.24. The third-order valence-corrected chi connectivity index (χ3v) is 4.16. The predicted molar refractivity (Wildman–Crippen MR) is 94.7 cm³/mol. The van der Waals surface area contributed by atoms with E-state index in [1.807, 2.05) is 32.0 Å². The Bertz CT molecular complexity index is 949. The molecule has 0 aliphatic carbocycles. The molecule has 0 radical (unpaired) electrons. The maximum absolute atomic E-state index is 12.2. The lowest BCUT2D eigenvalue weighted by atomic mass is 10.1. The smallest absolute Gasteiger partial charge is 0.267 e. The van der Waals surface area contributed by atoms with E-state index < -0.39 is 6.10 Å². The molecule has 0 saturated heterocycles. The summed E-state index contributed by atoms with van der Waals surface area (Å²) in [6, 6.07) is 10.6. The molecule has 1 atom stereocenters. The first-order valence-electron chi connectivity index (χ1n) is 8.32. The second-order valence-electron chi connectivity index (χ2n) is 6.05. The molecule has 3 aromatic rings. The normalized spacial score (nSPS) is 12.3. The summed E-state index contributed by atoms with van der Waals surface area (Å²) in [5, 5.41) is 28.4. The molecular weight excluding hydrogens is 334 g/mol. The number of hydrogen-bond acceptors (Lipinski definition) is 6. The van der Waals surface area contributed by atoms with E-state index >= 15 is 0 Å². The summed E-state index contributed by atoms with van der Waals surface area (Å²) in [6.07, 6.45) is -0.987. The highest BCUT2D eigenvalue weighted by molar-refractivity contribution is 5.22. The molecule has 8 nitrogen and oxygen atoms in total.